The zero-order chi connectivity index (χ0) is 12.4. The third kappa shape index (κ3) is 2.28. The molecule has 1 fully saturated rings. The SMILES string of the molecule is OC1(CNCc2cccc3cc[nH]c23)CCCC1. The molecule has 0 spiro atoms. The molecule has 3 N–H and O–H groups in total. The maximum atomic E-state index is 10.3. The van der Waals surface area contributed by atoms with Crippen molar-refractivity contribution in [3.63, 3.8) is 0 Å². The molecular formula is C15H20N2O. The van der Waals surface area contributed by atoms with Crippen LogP contribution in [0.4, 0.5) is 0 Å². The molecule has 1 aromatic carbocycles. The third-order valence-electron chi connectivity index (χ3n) is 3.98. The highest BCUT2D eigenvalue weighted by atomic mass is 16.3. The molecule has 96 valence electrons. The summed E-state index contributed by atoms with van der Waals surface area (Å²) in [6.07, 6.45) is 6.16. The summed E-state index contributed by atoms with van der Waals surface area (Å²) in [4.78, 5) is 3.27. The molecule has 0 saturated heterocycles. The van der Waals surface area contributed by atoms with Crippen molar-refractivity contribution in [3.05, 3.63) is 36.0 Å². The molecule has 3 rings (SSSR count). The quantitative estimate of drug-likeness (QED) is 0.774. The number of fused-ring (bicyclic) bond motifs is 1. The van der Waals surface area contributed by atoms with Crippen LogP contribution < -0.4 is 5.32 Å². The molecule has 0 bridgehead atoms. The smallest absolute Gasteiger partial charge is 0.0771 e. The molecule has 0 amide bonds. The van der Waals surface area contributed by atoms with Crippen LogP contribution in [0.15, 0.2) is 30.5 Å². The number of aromatic amines is 1. The number of benzene rings is 1. The summed E-state index contributed by atoms with van der Waals surface area (Å²) in [6, 6.07) is 8.41. The van der Waals surface area contributed by atoms with E-state index in [-0.39, 0.29) is 0 Å². The van der Waals surface area contributed by atoms with Crippen LogP contribution in [0.1, 0.15) is 31.2 Å². The van der Waals surface area contributed by atoms with Crippen LogP contribution in [0.2, 0.25) is 0 Å². The fourth-order valence-corrected chi connectivity index (χ4v) is 2.94. The summed E-state index contributed by atoms with van der Waals surface area (Å²) >= 11 is 0. The zero-order valence-corrected chi connectivity index (χ0v) is 10.6. The molecule has 3 heteroatoms. The summed E-state index contributed by atoms with van der Waals surface area (Å²) in [5.41, 5.74) is 1.99. The van der Waals surface area contributed by atoms with Crippen LogP contribution in [0.3, 0.4) is 0 Å². The highest BCUT2D eigenvalue weighted by Crippen LogP contribution is 2.28. The number of aromatic nitrogens is 1. The van der Waals surface area contributed by atoms with Gasteiger partial charge in [0.1, 0.15) is 0 Å². The van der Waals surface area contributed by atoms with Crippen LogP contribution in [0.25, 0.3) is 10.9 Å². The second-order valence-corrected chi connectivity index (χ2v) is 5.39. The predicted octanol–water partition coefficient (Wildman–Crippen LogP) is 2.56. The maximum absolute atomic E-state index is 10.3. The summed E-state index contributed by atoms with van der Waals surface area (Å²) in [5.74, 6) is 0. The van der Waals surface area contributed by atoms with E-state index >= 15 is 0 Å². The largest absolute Gasteiger partial charge is 0.389 e. The van der Waals surface area contributed by atoms with Crippen LogP contribution in [0.5, 0.6) is 0 Å². The molecular weight excluding hydrogens is 224 g/mol. The minimum Gasteiger partial charge on any atom is -0.389 e. The maximum Gasteiger partial charge on any atom is 0.0771 e. The Morgan fingerprint density at radius 3 is 2.89 bits per heavy atom. The molecule has 0 unspecified atom stereocenters. The van der Waals surface area contributed by atoms with Gasteiger partial charge in [-0.15, -0.1) is 0 Å². The molecule has 18 heavy (non-hydrogen) atoms. The first-order valence-electron chi connectivity index (χ1n) is 6.75. The van der Waals surface area contributed by atoms with Gasteiger partial charge < -0.3 is 15.4 Å². The second-order valence-electron chi connectivity index (χ2n) is 5.39. The number of hydrogen-bond donors (Lipinski definition) is 3. The monoisotopic (exact) mass is 244 g/mol. The van der Waals surface area contributed by atoms with Crippen molar-refractivity contribution in [2.75, 3.05) is 6.54 Å². The van der Waals surface area contributed by atoms with E-state index in [1.807, 2.05) is 6.20 Å². The Morgan fingerprint density at radius 1 is 1.22 bits per heavy atom. The van der Waals surface area contributed by atoms with Gasteiger partial charge in [-0.3, -0.25) is 0 Å². The van der Waals surface area contributed by atoms with Crippen molar-refractivity contribution in [2.24, 2.45) is 0 Å². The van der Waals surface area contributed by atoms with E-state index in [2.05, 4.69) is 34.6 Å². The Bertz CT molecular complexity index is 526. The molecule has 1 heterocycles. The van der Waals surface area contributed by atoms with Gasteiger partial charge in [-0.1, -0.05) is 31.0 Å². The van der Waals surface area contributed by atoms with Gasteiger partial charge in [-0.25, -0.2) is 0 Å². The third-order valence-corrected chi connectivity index (χ3v) is 3.98. The van der Waals surface area contributed by atoms with Gasteiger partial charge in [-0.2, -0.15) is 0 Å². The second kappa shape index (κ2) is 4.75. The summed E-state index contributed by atoms with van der Waals surface area (Å²) in [6.45, 7) is 1.50. The van der Waals surface area contributed by atoms with E-state index in [1.165, 1.54) is 16.5 Å². The molecule has 0 radical (unpaired) electrons. The topological polar surface area (TPSA) is 48.0 Å². The summed E-state index contributed by atoms with van der Waals surface area (Å²) in [5, 5.41) is 14.9. The van der Waals surface area contributed by atoms with E-state index in [0.717, 1.165) is 32.2 Å². The Morgan fingerprint density at radius 2 is 2.06 bits per heavy atom. The lowest BCUT2D eigenvalue weighted by molar-refractivity contribution is 0.0475. The van der Waals surface area contributed by atoms with E-state index in [9.17, 15) is 5.11 Å². The molecule has 0 atom stereocenters. The lowest BCUT2D eigenvalue weighted by Gasteiger charge is -2.22. The molecule has 3 nitrogen and oxygen atoms in total. The highest BCUT2D eigenvalue weighted by Gasteiger charge is 2.30. The molecule has 1 aromatic heterocycles. The zero-order valence-electron chi connectivity index (χ0n) is 10.6. The molecule has 1 saturated carbocycles. The van der Waals surface area contributed by atoms with Gasteiger partial charge in [0.05, 0.1) is 5.60 Å². The fraction of sp³-hybridized carbons (Fsp3) is 0.467. The highest BCUT2D eigenvalue weighted by molar-refractivity contribution is 5.82. The molecule has 2 aromatic rings. The van der Waals surface area contributed by atoms with Gasteiger partial charge in [0.2, 0.25) is 0 Å². The molecule has 1 aliphatic rings. The van der Waals surface area contributed by atoms with Crippen LogP contribution in [-0.4, -0.2) is 22.2 Å². The van der Waals surface area contributed by atoms with Gasteiger partial charge in [0.25, 0.3) is 0 Å². The minimum absolute atomic E-state index is 0.469. The van der Waals surface area contributed by atoms with E-state index in [0.29, 0.717) is 6.54 Å². The van der Waals surface area contributed by atoms with E-state index in [1.54, 1.807) is 0 Å². The molecule has 1 aliphatic carbocycles. The number of H-pyrrole nitrogens is 1. The predicted molar refractivity (Wildman–Crippen MR) is 73.4 cm³/mol. The van der Waals surface area contributed by atoms with Gasteiger partial charge in [-0.05, 0) is 29.9 Å². The Kier molecular flexibility index (Phi) is 3.10. The average molecular weight is 244 g/mol. The fourth-order valence-electron chi connectivity index (χ4n) is 2.94. The normalized spacial score (nSPS) is 18.5. The number of nitrogens with one attached hydrogen (secondary N) is 2. The van der Waals surface area contributed by atoms with E-state index < -0.39 is 5.60 Å². The number of hydrogen-bond acceptors (Lipinski definition) is 2. The first kappa shape index (κ1) is 11.8. The van der Waals surface area contributed by atoms with Crippen molar-refractivity contribution >= 4 is 10.9 Å². The Balaban J connectivity index is 1.64. The average Bonchev–Trinajstić information content (AvgIpc) is 2.98. The lowest BCUT2D eigenvalue weighted by atomic mass is 10.0. The standard InChI is InChI=1S/C15H20N2O/c18-15(7-1-2-8-15)11-16-10-13-5-3-4-12-6-9-17-14(12)13/h3-6,9,16-18H,1-2,7-8,10-11H2. The first-order chi connectivity index (χ1) is 8.77. The first-order valence-corrected chi connectivity index (χ1v) is 6.75. The minimum atomic E-state index is -0.469. The van der Waals surface area contributed by atoms with Crippen molar-refractivity contribution in [3.8, 4) is 0 Å². The van der Waals surface area contributed by atoms with Crippen LogP contribution >= 0.6 is 0 Å². The van der Waals surface area contributed by atoms with Crippen molar-refractivity contribution < 1.29 is 5.11 Å². The van der Waals surface area contributed by atoms with Crippen molar-refractivity contribution in [1.82, 2.24) is 10.3 Å². The van der Waals surface area contributed by atoms with Crippen molar-refractivity contribution in [2.45, 2.75) is 37.8 Å². The number of rotatable bonds is 4. The van der Waals surface area contributed by atoms with E-state index in [4.69, 9.17) is 0 Å². The number of aliphatic hydroxyl groups is 1. The van der Waals surface area contributed by atoms with Crippen LogP contribution in [-0.2, 0) is 6.54 Å². The molecule has 0 aliphatic heterocycles. The summed E-state index contributed by atoms with van der Waals surface area (Å²) < 4.78 is 0. The van der Waals surface area contributed by atoms with Gasteiger partial charge in [0, 0.05) is 24.8 Å². The van der Waals surface area contributed by atoms with Gasteiger partial charge >= 0.3 is 0 Å². The van der Waals surface area contributed by atoms with Crippen LogP contribution in [0, 0.1) is 0 Å². The Labute approximate surface area is 107 Å². The van der Waals surface area contributed by atoms with Gasteiger partial charge in [0.15, 0.2) is 0 Å². The Hall–Kier alpha value is -1.32. The lowest BCUT2D eigenvalue weighted by Crippen LogP contribution is -2.37. The number of para-hydroxylation sites is 1. The summed E-state index contributed by atoms with van der Waals surface area (Å²) in [7, 11) is 0. The van der Waals surface area contributed by atoms with Crippen molar-refractivity contribution in [1.29, 1.82) is 0 Å².